The van der Waals surface area contributed by atoms with Crippen LogP contribution in [0, 0.1) is 0 Å². The Labute approximate surface area is 112 Å². The maximum atomic E-state index is 10.2. The summed E-state index contributed by atoms with van der Waals surface area (Å²) in [5.41, 5.74) is 3.68. The molecule has 18 heavy (non-hydrogen) atoms. The van der Waals surface area contributed by atoms with Crippen molar-refractivity contribution in [1.82, 2.24) is 0 Å². The summed E-state index contributed by atoms with van der Waals surface area (Å²) in [7, 11) is 0. The second-order valence-corrected chi connectivity index (χ2v) is 5.18. The molecule has 0 saturated carbocycles. The maximum absolute atomic E-state index is 10.2. The zero-order chi connectivity index (χ0) is 13.4. The topological polar surface area (TPSA) is 20.2 Å². The normalized spacial score (nSPS) is 10.8. The summed E-state index contributed by atoms with van der Waals surface area (Å²) in [6.07, 6.45) is 9.26. The van der Waals surface area contributed by atoms with Gasteiger partial charge < -0.3 is 5.11 Å². The van der Waals surface area contributed by atoms with Crippen molar-refractivity contribution in [1.29, 1.82) is 0 Å². The number of benzene rings is 1. The van der Waals surface area contributed by atoms with Crippen LogP contribution in [0.5, 0.6) is 5.75 Å². The molecule has 0 saturated heterocycles. The third kappa shape index (κ3) is 4.36. The quantitative estimate of drug-likeness (QED) is 0.640. The monoisotopic (exact) mass is 248 g/mol. The minimum absolute atomic E-state index is 0.546. The number of hydrogen-bond donors (Lipinski definition) is 1. The van der Waals surface area contributed by atoms with Gasteiger partial charge in [0, 0.05) is 0 Å². The number of unbranched alkanes of at least 4 members (excludes halogenated alkanes) is 3. The van der Waals surface area contributed by atoms with Gasteiger partial charge in [-0.15, -0.1) is 0 Å². The van der Waals surface area contributed by atoms with Gasteiger partial charge in [-0.1, -0.05) is 52.2 Å². The Balaban J connectivity index is 2.83. The van der Waals surface area contributed by atoms with E-state index in [2.05, 4.69) is 32.9 Å². The molecule has 0 heterocycles. The second-order valence-electron chi connectivity index (χ2n) is 5.18. The fourth-order valence-corrected chi connectivity index (χ4v) is 2.38. The van der Waals surface area contributed by atoms with E-state index in [0.29, 0.717) is 5.75 Å². The number of phenolic OH excluding ortho intramolecular Hbond substituents is 1. The predicted molar refractivity (Wildman–Crippen MR) is 79.3 cm³/mol. The predicted octanol–water partition coefficient (Wildman–Crippen LogP) is 5.03. The van der Waals surface area contributed by atoms with Gasteiger partial charge in [-0.05, 0) is 48.8 Å². The SMILES string of the molecule is CCCCCc1cc(CC)c(O)c(CCCC)c1. The van der Waals surface area contributed by atoms with Crippen molar-refractivity contribution in [2.75, 3.05) is 0 Å². The molecule has 1 heteroatoms. The van der Waals surface area contributed by atoms with Gasteiger partial charge >= 0.3 is 0 Å². The van der Waals surface area contributed by atoms with Crippen molar-refractivity contribution in [3.8, 4) is 5.75 Å². The van der Waals surface area contributed by atoms with Crippen LogP contribution < -0.4 is 0 Å². The fourth-order valence-electron chi connectivity index (χ4n) is 2.38. The third-order valence-corrected chi connectivity index (χ3v) is 3.58. The molecule has 0 aromatic heterocycles. The van der Waals surface area contributed by atoms with Crippen molar-refractivity contribution >= 4 is 0 Å². The Hall–Kier alpha value is -0.980. The third-order valence-electron chi connectivity index (χ3n) is 3.58. The van der Waals surface area contributed by atoms with E-state index >= 15 is 0 Å². The van der Waals surface area contributed by atoms with Gasteiger partial charge in [0.1, 0.15) is 5.75 Å². The summed E-state index contributed by atoms with van der Waals surface area (Å²) >= 11 is 0. The van der Waals surface area contributed by atoms with E-state index in [9.17, 15) is 5.11 Å². The lowest BCUT2D eigenvalue weighted by Crippen LogP contribution is -1.95. The first kappa shape index (κ1) is 15.1. The molecule has 0 atom stereocenters. The highest BCUT2D eigenvalue weighted by Gasteiger charge is 2.08. The minimum Gasteiger partial charge on any atom is -0.507 e. The van der Waals surface area contributed by atoms with Crippen LogP contribution in [0.25, 0.3) is 0 Å². The molecule has 0 aliphatic rings. The average Bonchev–Trinajstić information content (AvgIpc) is 2.39. The van der Waals surface area contributed by atoms with E-state index < -0.39 is 0 Å². The molecule has 102 valence electrons. The van der Waals surface area contributed by atoms with Gasteiger partial charge in [0.05, 0.1) is 0 Å². The van der Waals surface area contributed by atoms with E-state index in [1.54, 1.807) is 0 Å². The molecule has 1 N–H and O–H groups in total. The number of phenols is 1. The average molecular weight is 248 g/mol. The molecule has 0 aliphatic heterocycles. The molecule has 0 spiro atoms. The Morgan fingerprint density at radius 1 is 0.833 bits per heavy atom. The Morgan fingerprint density at radius 3 is 2.11 bits per heavy atom. The molecule has 0 unspecified atom stereocenters. The standard InChI is InChI=1S/C17H28O/c1-4-7-9-10-14-12-15(6-3)17(18)16(13-14)11-8-5-2/h12-13,18H,4-11H2,1-3H3. The molecule has 1 nitrogen and oxygen atoms in total. The van der Waals surface area contributed by atoms with Crippen LogP contribution in [0.3, 0.4) is 0 Å². The summed E-state index contributed by atoms with van der Waals surface area (Å²) in [6, 6.07) is 4.42. The molecule has 1 aromatic carbocycles. The van der Waals surface area contributed by atoms with E-state index in [-0.39, 0.29) is 0 Å². The van der Waals surface area contributed by atoms with E-state index in [4.69, 9.17) is 0 Å². The van der Waals surface area contributed by atoms with E-state index in [1.807, 2.05) is 0 Å². The van der Waals surface area contributed by atoms with Crippen LogP contribution in [-0.2, 0) is 19.3 Å². The van der Waals surface area contributed by atoms with Gasteiger partial charge in [0.2, 0.25) is 0 Å². The highest BCUT2D eigenvalue weighted by molar-refractivity contribution is 5.44. The number of aryl methyl sites for hydroxylation is 3. The summed E-state index contributed by atoms with van der Waals surface area (Å²) in [6.45, 7) is 6.55. The summed E-state index contributed by atoms with van der Waals surface area (Å²) < 4.78 is 0. The van der Waals surface area contributed by atoms with Crippen LogP contribution in [0.4, 0.5) is 0 Å². The van der Waals surface area contributed by atoms with Gasteiger partial charge in [-0.2, -0.15) is 0 Å². The molecular formula is C17H28O. The first-order chi connectivity index (χ1) is 8.72. The van der Waals surface area contributed by atoms with Crippen LogP contribution in [0.15, 0.2) is 12.1 Å². The van der Waals surface area contributed by atoms with Gasteiger partial charge in [0.15, 0.2) is 0 Å². The van der Waals surface area contributed by atoms with Gasteiger partial charge in [0.25, 0.3) is 0 Å². The minimum atomic E-state index is 0.546. The fraction of sp³-hybridized carbons (Fsp3) is 0.647. The second kappa shape index (κ2) is 8.18. The van der Waals surface area contributed by atoms with Crippen LogP contribution in [0.2, 0.25) is 0 Å². The Kier molecular flexibility index (Phi) is 6.85. The molecule has 1 aromatic rings. The number of rotatable bonds is 8. The molecule has 0 amide bonds. The molecule has 1 rings (SSSR count). The maximum Gasteiger partial charge on any atom is 0.121 e. The lowest BCUT2D eigenvalue weighted by Gasteiger charge is -2.12. The smallest absolute Gasteiger partial charge is 0.121 e. The lowest BCUT2D eigenvalue weighted by molar-refractivity contribution is 0.460. The highest BCUT2D eigenvalue weighted by atomic mass is 16.3. The van der Waals surface area contributed by atoms with Crippen LogP contribution >= 0.6 is 0 Å². The molecule has 0 aliphatic carbocycles. The van der Waals surface area contributed by atoms with Crippen LogP contribution in [0.1, 0.15) is 69.6 Å². The summed E-state index contributed by atoms with van der Waals surface area (Å²) in [4.78, 5) is 0. The van der Waals surface area contributed by atoms with Gasteiger partial charge in [-0.3, -0.25) is 0 Å². The highest BCUT2D eigenvalue weighted by Crippen LogP contribution is 2.27. The lowest BCUT2D eigenvalue weighted by atomic mass is 9.96. The molecule has 0 fully saturated rings. The van der Waals surface area contributed by atoms with Crippen molar-refractivity contribution in [3.63, 3.8) is 0 Å². The molecular weight excluding hydrogens is 220 g/mol. The number of hydrogen-bond acceptors (Lipinski definition) is 1. The van der Waals surface area contributed by atoms with Gasteiger partial charge in [-0.25, -0.2) is 0 Å². The first-order valence-electron chi connectivity index (χ1n) is 7.56. The van der Waals surface area contributed by atoms with Crippen molar-refractivity contribution < 1.29 is 5.11 Å². The number of aromatic hydroxyl groups is 1. The van der Waals surface area contributed by atoms with E-state index in [0.717, 1.165) is 36.8 Å². The largest absolute Gasteiger partial charge is 0.507 e. The molecule has 0 radical (unpaired) electrons. The Morgan fingerprint density at radius 2 is 1.50 bits per heavy atom. The summed E-state index contributed by atoms with van der Waals surface area (Å²) in [5.74, 6) is 0.546. The zero-order valence-corrected chi connectivity index (χ0v) is 12.3. The van der Waals surface area contributed by atoms with Crippen molar-refractivity contribution in [3.05, 3.63) is 28.8 Å². The summed E-state index contributed by atoms with van der Waals surface area (Å²) in [5, 5.41) is 10.2. The van der Waals surface area contributed by atoms with E-state index in [1.165, 1.54) is 31.2 Å². The Bertz CT molecular complexity index is 355. The van der Waals surface area contributed by atoms with Crippen LogP contribution in [-0.4, -0.2) is 5.11 Å². The van der Waals surface area contributed by atoms with Crippen molar-refractivity contribution in [2.45, 2.75) is 72.1 Å². The molecule has 0 bridgehead atoms. The zero-order valence-electron chi connectivity index (χ0n) is 12.3. The van der Waals surface area contributed by atoms with Crippen molar-refractivity contribution in [2.24, 2.45) is 0 Å². The first-order valence-corrected chi connectivity index (χ1v) is 7.56.